The number of hydrogen-bond acceptors (Lipinski definition) is 9. The molecule has 0 bridgehead atoms. The number of carbonyl (C=O) groups is 3. The smallest absolute Gasteiger partial charge is 0.336 e. The van der Waals surface area contributed by atoms with Crippen molar-refractivity contribution in [1.82, 2.24) is 5.32 Å². The van der Waals surface area contributed by atoms with Gasteiger partial charge in [0.05, 0.1) is 25.9 Å². The van der Waals surface area contributed by atoms with Gasteiger partial charge in [0.25, 0.3) is 0 Å². The normalized spacial score (nSPS) is 21.7. The van der Waals surface area contributed by atoms with Crippen LogP contribution in [0.5, 0.6) is 17.2 Å². The zero-order valence-corrected chi connectivity index (χ0v) is 22.4. The van der Waals surface area contributed by atoms with Gasteiger partial charge in [0.15, 0.2) is 17.3 Å². The van der Waals surface area contributed by atoms with Gasteiger partial charge in [0, 0.05) is 28.8 Å². The van der Waals surface area contributed by atoms with Crippen molar-refractivity contribution >= 4 is 17.7 Å². The molecule has 0 saturated carbocycles. The molecule has 2 heterocycles. The van der Waals surface area contributed by atoms with Crippen LogP contribution in [0.1, 0.15) is 50.2 Å². The van der Waals surface area contributed by atoms with Crippen LogP contribution in [0.3, 0.4) is 0 Å². The van der Waals surface area contributed by atoms with Crippen molar-refractivity contribution in [3.05, 3.63) is 76.1 Å². The third-order valence-corrected chi connectivity index (χ3v) is 7.33. The summed E-state index contributed by atoms with van der Waals surface area (Å²) in [5.41, 5.74) is 3.39. The summed E-state index contributed by atoms with van der Waals surface area (Å²) in [5.74, 6) is -2.06. The summed E-state index contributed by atoms with van der Waals surface area (Å²) in [6.07, 6.45) is 0.366. The quantitative estimate of drug-likeness (QED) is 0.415. The van der Waals surface area contributed by atoms with Crippen molar-refractivity contribution in [2.75, 3.05) is 27.1 Å². The standard InChI is InChI=1S/C30H31NO8/c1-5-36-29(33)24-16(3)31-21-14-20(17-7-10-19(35-4)11-8-17)26(30(34)37-6-2)28(32)27(21)25(24)18-9-12-22-23(13-18)39-15-38-22/h7-13,20,25-26,31H,5-6,14-15H2,1-4H3/t20-,25+,26+/m0/s1. The van der Waals surface area contributed by atoms with Crippen LogP contribution in [0.4, 0.5) is 0 Å². The number of benzene rings is 2. The predicted octanol–water partition coefficient (Wildman–Crippen LogP) is 4.14. The van der Waals surface area contributed by atoms with Crippen LogP contribution in [-0.2, 0) is 23.9 Å². The summed E-state index contributed by atoms with van der Waals surface area (Å²) >= 11 is 0. The average Bonchev–Trinajstić information content (AvgIpc) is 3.40. The molecule has 9 heteroatoms. The van der Waals surface area contributed by atoms with Gasteiger partial charge in [0.1, 0.15) is 11.7 Å². The molecular formula is C30H31NO8. The maximum atomic E-state index is 14.4. The maximum absolute atomic E-state index is 14.4. The molecule has 0 aromatic heterocycles. The zero-order chi connectivity index (χ0) is 27.7. The van der Waals surface area contributed by atoms with Gasteiger partial charge in [-0.1, -0.05) is 18.2 Å². The minimum absolute atomic E-state index is 0.0892. The highest BCUT2D eigenvalue weighted by Crippen LogP contribution is 2.49. The lowest BCUT2D eigenvalue weighted by Gasteiger charge is -2.39. The Kier molecular flexibility index (Phi) is 7.32. The van der Waals surface area contributed by atoms with E-state index in [1.807, 2.05) is 18.2 Å². The number of ketones is 1. The van der Waals surface area contributed by atoms with Crippen molar-refractivity contribution in [3.8, 4) is 17.2 Å². The lowest BCUT2D eigenvalue weighted by Crippen LogP contribution is -2.43. The van der Waals surface area contributed by atoms with Crippen molar-refractivity contribution in [2.45, 2.75) is 39.0 Å². The Bertz CT molecular complexity index is 1370. The van der Waals surface area contributed by atoms with E-state index in [1.165, 1.54) is 0 Å². The van der Waals surface area contributed by atoms with Gasteiger partial charge in [-0.2, -0.15) is 0 Å². The molecular weight excluding hydrogens is 502 g/mol. The highest BCUT2D eigenvalue weighted by Gasteiger charge is 2.49. The number of ether oxygens (including phenoxy) is 5. The van der Waals surface area contributed by atoms with Gasteiger partial charge in [-0.3, -0.25) is 9.59 Å². The summed E-state index contributed by atoms with van der Waals surface area (Å²) in [4.78, 5) is 41.0. The molecule has 3 aliphatic rings. The van der Waals surface area contributed by atoms with Crippen molar-refractivity contribution in [3.63, 3.8) is 0 Å². The van der Waals surface area contributed by atoms with Crippen molar-refractivity contribution < 1.29 is 38.1 Å². The Hall–Kier alpha value is -4.27. The first kappa shape index (κ1) is 26.3. The van der Waals surface area contributed by atoms with Gasteiger partial charge in [-0.25, -0.2) is 4.79 Å². The SMILES string of the molecule is CCOC(=O)C1=C(C)NC2=C(C(=O)[C@H](C(=O)OCC)[C@H](c3ccc(OC)cc3)C2)[C@@H]1c1ccc2c(c1)OCO2. The van der Waals surface area contributed by atoms with Crippen LogP contribution >= 0.6 is 0 Å². The van der Waals surface area contributed by atoms with E-state index in [-0.39, 0.29) is 25.8 Å². The van der Waals surface area contributed by atoms with Gasteiger partial charge in [0.2, 0.25) is 6.79 Å². The second-order valence-electron chi connectivity index (χ2n) is 9.50. The van der Waals surface area contributed by atoms with E-state index in [1.54, 1.807) is 52.1 Å². The molecule has 1 aliphatic carbocycles. The number of Topliss-reactive ketones (excluding diaryl/α,β-unsaturated/α-hetero) is 1. The van der Waals surface area contributed by atoms with E-state index >= 15 is 0 Å². The zero-order valence-electron chi connectivity index (χ0n) is 22.4. The second-order valence-corrected chi connectivity index (χ2v) is 9.50. The maximum Gasteiger partial charge on any atom is 0.336 e. The Morgan fingerprint density at radius 3 is 2.36 bits per heavy atom. The van der Waals surface area contributed by atoms with Crippen molar-refractivity contribution in [1.29, 1.82) is 0 Å². The Labute approximate surface area is 226 Å². The van der Waals surface area contributed by atoms with E-state index in [4.69, 9.17) is 23.7 Å². The number of rotatable bonds is 7. The van der Waals surface area contributed by atoms with Crippen LogP contribution < -0.4 is 19.5 Å². The molecule has 0 radical (unpaired) electrons. The van der Waals surface area contributed by atoms with Crippen LogP contribution in [0, 0.1) is 5.92 Å². The largest absolute Gasteiger partial charge is 0.497 e. The van der Waals surface area contributed by atoms with Gasteiger partial charge in [-0.05, 0) is 62.6 Å². The van der Waals surface area contributed by atoms with Gasteiger partial charge < -0.3 is 29.0 Å². The number of dihydropyridines is 1. The molecule has 9 nitrogen and oxygen atoms in total. The van der Waals surface area contributed by atoms with E-state index in [9.17, 15) is 14.4 Å². The predicted molar refractivity (Wildman–Crippen MR) is 140 cm³/mol. The number of carbonyl (C=O) groups excluding carboxylic acids is 3. The molecule has 0 fully saturated rings. The number of allylic oxidation sites excluding steroid dienone is 3. The van der Waals surface area contributed by atoms with Crippen molar-refractivity contribution in [2.24, 2.45) is 5.92 Å². The Morgan fingerprint density at radius 1 is 0.974 bits per heavy atom. The number of esters is 2. The summed E-state index contributed by atoms with van der Waals surface area (Å²) in [7, 11) is 1.58. The third kappa shape index (κ3) is 4.73. The van der Waals surface area contributed by atoms with Gasteiger partial charge in [-0.15, -0.1) is 0 Å². The van der Waals surface area contributed by atoms with Crippen LogP contribution in [0.2, 0.25) is 0 Å². The molecule has 0 unspecified atom stereocenters. The number of methoxy groups -OCH3 is 1. The fraction of sp³-hybridized carbons (Fsp3) is 0.367. The van der Waals surface area contributed by atoms with E-state index < -0.39 is 29.7 Å². The molecule has 3 atom stereocenters. The molecule has 2 aromatic carbocycles. The second kappa shape index (κ2) is 10.8. The first-order valence-corrected chi connectivity index (χ1v) is 13.0. The fourth-order valence-corrected chi connectivity index (χ4v) is 5.61. The molecule has 39 heavy (non-hydrogen) atoms. The molecule has 1 N–H and O–H groups in total. The highest BCUT2D eigenvalue weighted by atomic mass is 16.7. The molecule has 0 amide bonds. The summed E-state index contributed by atoms with van der Waals surface area (Å²) in [6.45, 7) is 5.63. The fourth-order valence-electron chi connectivity index (χ4n) is 5.61. The lowest BCUT2D eigenvalue weighted by atomic mass is 9.67. The molecule has 2 aliphatic heterocycles. The third-order valence-electron chi connectivity index (χ3n) is 7.33. The number of nitrogens with one attached hydrogen (secondary N) is 1. The van der Waals surface area contributed by atoms with Crippen LogP contribution in [0.15, 0.2) is 65.0 Å². The van der Waals surface area contributed by atoms with E-state index in [0.717, 1.165) is 5.56 Å². The van der Waals surface area contributed by atoms with Crippen LogP contribution in [-0.4, -0.2) is 44.8 Å². The Morgan fingerprint density at radius 2 is 1.67 bits per heavy atom. The molecule has 0 spiro atoms. The number of hydrogen-bond donors (Lipinski definition) is 1. The average molecular weight is 534 g/mol. The Balaban J connectivity index is 1.66. The first-order chi connectivity index (χ1) is 18.9. The van der Waals surface area contributed by atoms with E-state index in [2.05, 4.69) is 5.32 Å². The molecule has 0 saturated heterocycles. The lowest BCUT2D eigenvalue weighted by molar-refractivity contribution is -0.152. The van der Waals surface area contributed by atoms with E-state index in [0.29, 0.717) is 51.8 Å². The molecule has 2 aromatic rings. The van der Waals surface area contributed by atoms with Crippen LogP contribution in [0.25, 0.3) is 0 Å². The first-order valence-electron chi connectivity index (χ1n) is 13.0. The summed E-state index contributed by atoms with van der Waals surface area (Å²) in [5, 5.41) is 3.31. The summed E-state index contributed by atoms with van der Waals surface area (Å²) < 4.78 is 27.2. The highest BCUT2D eigenvalue weighted by molar-refractivity contribution is 6.13. The minimum Gasteiger partial charge on any atom is -0.497 e. The molecule has 204 valence electrons. The number of fused-ring (bicyclic) bond motifs is 1. The topological polar surface area (TPSA) is 109 Å². The minimum atomic E-state index is -1.09. The van der Waals surface area contributed by atoms with Gasteiger partial charge >= 0.3 is 11.9 Å². The monoisotopic (exact) mass is 533 g/mol. The molecule has 5 rings (SSSR count). The summed E-state index contributed by atoms with van der Waals surface area (Å²) in [6, 6.07) is 12.7.